The zero-order valence-corrected chi connectivity index (χ0v) is 25.6. The molecular weight excluding hydrogens is 656 g/mol. The van der Waals surface area contributed by atoms with Crippen LogP contribution in [-0.2, 0) is 0 Å². The molecule has 1 unspecified atom stereocenters. The van der Waals surface area contributed by atoms with Gasteiger partial charge in [-0.25, -0.2) is 9.78 Å². The molecule has 3 heterocycles. The van der Waals surface area contributed by atoms with E-state index in [9.17, 15) is 27.2 Å². The largest absolute Gasteiger partial charge is 0.507 e. The number of anilines is 2. The van der Waals surface area contributed by atoms with Crippen molar-refractivity contribution in [3.63, 3.8) is 0 Å². The number of halogens is 4. The molecule has 4 N–H and O–H groups in total. The van der Waals surface area contributed by atoms with Crippen LogP contribution in [0.25, 0.3) is 10.2 Å². The van der Waals surface area contributed by atoms with Crippen LogP contribution < -0.4 is 25.4 Å². The minimum absolute atomic E-state index is 0.0000287. The number of thiazole rings is 1. The maximum absolute atomic E-state index is 13.9. The smallest absolute Gasteiger partial charge is 0.421 e. The fraction of sp³-hybridized carbons (Fsp3) is 0.290. The van der Waals surface area contributed by atoms with Crippen molar-refractivity contribution in [2.75, 3.05) is 10.6 Å². The van der Waals surface area contributed by atoms with Crippen LogP contribution in [0.5, 0.6) is 11.5 Å². The van der Waals surface area contributed by atoms with E-state index in [1.165, 1.54) is 30.9 Å². The van der Waals surface area contributed by atoms with Gasteiger partial charge in [-0.3, -0.25) is 15.4 Å². The molecule has 7 rings (SSSR count). The van der Waals surface area contributed by atoms with Crippen LogP contribution in [0.1, 0.15) is 71.1 Å². The molecule has 17 heteroatoms. The summed E-state index contributed by atoms with van der Waals surface area (Å²) < 4.78 is 63.8. The highest BCUT2D eigenvalue weighted by Gasteiger charge is 2.66. The zero-order valence-electron chi connectivity index (χ0n) is 24.8. The summed E-state index contributed by atoms with van der Waals surface area (Å²) in [7, 11) is 0. The third kappa shape index (κ3) is 6.20. The van der Waals surface area contributed by atoms with Crippen molar-refractivity contribution < 1.29 is 36.6 Å². The quantitative estimate of drug-likeness (QED) is 0.134. The minimum atomic E-state index is -4.91. The Morgan fingerprint density at radius 3 is 2.25 bits per heavy atom. The van der Waals surface area contributed by atoms with Crippen LogP contribution in [0, 0.1) is 0 Å². The Balaban J connectivity index is 1.13. The summed E-state index contributed by atoms with van der Waals surface area (Å²) >= 11 is 0.756. The van der Waals surface area contributed by atoms with E-state index < -0.39 is 41.7 Å². The lowest BCUT2D eigenvalue weighted by Gasteiger charge is -2.31. The van der Waals surface area contributed by atoms with Crippen molar-refractivity contribution in [2.24, 2.45) is 0 Å². The first-order valence-corrected chi connectivity index (χ1v) is 15.8. The molecule has 0 spiro atoms. The summed E-state index contributed by atoms with van der Waals surface area (Å²) in [5, 5.41) is 21.1. The van der Waals surface area contributed by atoms with Gasteiger partial charge in [0.2, 0.25) is 0 Å². The van der Waals surface area contributed by atoms with E-state index in [1.54, 1.807) is 24.3 Å². The van der Waals surface area contributed by atoms with Gasteiger partial charge in [0, 0.05) is 5.56 Å². The molecule has 12 nitrogen and oxygen atoms in total. The average molecular weight is 683 g/mol. The number of amides is 3. The summed E-state index contributed by atoms with van der Waals surface area (Å²) in [5.74, 6) is -1.15. The predicted molar refractivity (Wildman–Crippen MR) is 166 cm³/mol. The molecule has 1 atom stereocenters. The molecule has 48 heavy (non-hydrogen) atoms. The second-order valence-corrected chi connectivity index (χ2v) is 12.3. The number of benzene rings is 3. The molecule has 5 aromatic rings. The number of hydrogen-bond acceptors (Lipinski definition) is 9. The van der Waals surface area contributed by atoms with Gasteiger partial charge in [-0.1, -0.05) is 72.1 Å². The molecule has 0 saturated heterocycles. The average Bonchev–Trinajstić information content (AvgIpc) is 3.74. The lowest BCUT2D eigenvalue weighted by Crippen LogP contribution is -2.52. The number of hydrogen-bond donors (Lipinski definition) is 4. The summed E-state index contributed by atoms with van der Waals surface area (Å²) in [4.78, 5) is 30.3. The van der Waals surface area contributed by atoms with Crippen LogP contribution >= 0.6 is 11.3 Å². The van der Waals surface area contributed by atoms with Crippen LogP contribution in [0.3, 0.4) is 0 Å². The number of carbonyl (C=O) groups excluding carboxylic acids is 2. The number of nitrogens with one attached hydrogen (secondary N) is 4. The number of tetrazole rings is 1. The first kappa shape index (κ1) is 31.3. The molecule has 2 aromatic heterocycles. The number of aromatic nitrogens is 5. The van der Waals surface area contributed by atoms with E-state index in [1.807, 2.05) is 12.1 Å². The zero-order chi connectivity index (χ0) is 33.5. The Bertz CT molecular complexity index is 1950. The monoisotopic (exact) mass is 682 g/mol. The van der Waals surface area contributed by atoms with E-state index in [4.69, 9.17) is 0 Å². The van der Waals surface area contributed by atoms with E-state index in [0.29, 0.717) is 17.0 Å². The van der Waals surface area contributed by atoms with Gasteiger partial charge in [-0.15, -0.1) is 5.10 Å². The van der Waals surface area contributed by atoms with Crippen LogP contribution in [0.15, 0.2) is 60.7 Å². The van der Waals surface area contributed by atoms with Gasteiger partial charge < -0.3 is 14.8 Å². The number of ether oxygens (including phenoxy) is 2. The van der Waals surface area contributed by atoms with Crippen molar-refractivity contribution in [3.8, 4) is 11.5 Å². The third-order valence-corrected chi connectivity index (χ3v) is 9.19. The standard InChI is InChI=1S/C31H26F4N8O4S/c32-30(33)31(34,35)47-24-22(46-30)15-14-21-25(24)48-29(36-21)39-28(45)37-23(18-8-6-17(7-9-18)16-4-2-1-3-5-16)19-10-12-20(13-11-19)26(44)38-27-40-42-43-41-27/h6-16,23H,1-5H2,(H2,36,37,39,45)(H2,38,40,41,42,43,44). The molecule has 1 aliphatic heterocycles. The number of rotatable bonds is 7. The van der Waals surface area contributed by atoms with E-state index in [-0.39, 0.29) is 21.3 Å². The van der Waals surface area contributed by atoms with Crippen molar-refractivity contribution >= 4 is 44.6 Å². The van der Waals surface area contributed by atoms with Crippen molar-refractivity contribution in [1.29, 1.82) is 0 Å². The van der Waals surface area contributed by atoms with Gasteiger partial charge in [-0.05, 0) is 64.9 Å². The Hall–Kier alpha value is -5.32. The normalized spacial score (nSPS) is 17.4. The topological polar surface area (TPSA) is 156 Å². The number of nitrogens with zero attached hydrogens (tertiary/aromatic N) is 4. The SMILES string of the molecule is O=C(Nc1nc2ccc3c(c2s1)OC(F)(F)C(F)(F)O3)NC(c1ccc(C(=O)Nc2nn[nH]n2)cc1)c1ccc(C2CCCCC2)cc1. The van der Waals surface area contributed by atoms with Crippen molar-refractivity contribution in [3.05, 3.63) is 82.9 Å². The first-order chi connectivity index (χ1) is 23.1. The predicted octanol–water partition coefficient (Wildman–Crippen LogP) is 6.98. The van der Waals surface area contributed by atoms with Crippen LogP contribution in [-0.4, -0.2) is 49.8 Å². The number of aromatic amines is 1. The number of carbonyl (C=O) groups is 2. The fourth-order valence-corrected chi connectivity index (χ4v) is 6.74. The molecule has 2 aliphatic rings. The lowest BCUT2D eigenvalue weighted by molar-refractivity contribution is -0.391. The summed E-state index contributed by atoms with van der Waals surface area (Å²) in [6, 6.07) is 15.6. The highest BCUT2D eigenvalue weighted by molar-refractivity contribution is 7.22. The van der Waals surface area contributed by atoms with Crippen LogP contribution in [0.2, 0.25) is 0 Å². The highest BCUT2D eigenvalue weighted by atomic mass is 32.1. The Morgan fingerprint density at radius 1 is 0.875 bits per heavy atom. The maximum atomic E-state index is 13.9. The molecule has 1 aliphatic carbocycles. The second-order valence-electron chi connectivity index (χ2n) is 11.3. The van der Waals surface area contributed by atoms with Gasteiger partial charge in [0.15, 0.2) is 16.6 Å². The van der Waals surface area contributed by atoms with Gasteiger partial charge in [0.05, 0.1) is 11.6 Å². The Labute approximate surface area is 273 Å². The number of H-pyrrole nitrogens is 1. The van der Waals surface area contributed by atoms with Gasteiger partial charge >= 0.3 is 18.2 Å². The van der Waals surface area contributed by atoms with E-state index in [0.717, 1.165) is 35.8 Å². The van der Waals surface area contributed by atoms with Crippen molar-refractivity contribution in [1.82, 2.24) is 30.9 Å². The first-order valence-electron chi connectivity index (χ1n) is 15.0. The molecule has 1 fully saturated rings. The van der Waals surface area contributed by atoms with Gasteiger partial charge in [0.25, 0.3) is 11.9 Å². The Morgan fingerprint density at radius 2 is 1.56 bits per heavy atom. The highest BCUT2D eigenvalue weighted by Crippen LogP contribution is 2.51. The number of fused-ring (bicyclic) bond motifs is 3. The second kappa shape index (κ2) is 12.4. The number of urea groups is 1. The Kier molecular flexibility index (Phi) is 8.06. The van der Waals surface area contributed by atoms with Crippen molar-refractivity contribution in [2.45, 2.75) is 56.3 Å². The van der Waals surface area contributed by atoms with E-state index >= 15 is 0 Å². The lowest BCUT2D eigenvalue weighted by atomic mass is 9.83. The van der Waals surface area contributed by atoms with Crippen LogP contribution in [0.4, 0.5) is 33.4 Å². The molecule has 3 aromatic carbocycles. The summed E-state index contributed by atoms with van der Waals surface area (Å²) in [6.45, 7) is 0. The molecule has 3 amide bonds. The summed E-state index contributed by atoms with van der Waals surface area (Å²) in [5.41, 5.74) is 3.08. The summed E-state index contributed by atoms with van der Waals surface area (Å²) in [6.07, 6.45) is -3.92. The molecular formula is C31H26F4N8O4S. The van der Waals surface area contributed by atoms with Gasteiger partial charge in [-0.2, -0.15) is 22.8 Å². The third-order valence-electron chi connectivity index (χ3n) is 8.20. The minimum Gasteiger partial charge on any atom is -0.421 e. The van der Waals surface area contributed by atoms with E-state index in [2.05, 4.69) is 63.2 Å². The molecule has 248 valence electrons. The maximum Gasteiger partial charge on any atom is 0.507 e. The molecule has 0 bridgehead atoms. The molecule has 1 saturated carbocycles. The van der Waals surface area contributed by atoms with Gasteiger partial charge in [0.1, 0.15) is 4.70 Å². The fourth-order valence-electron chi connectivity index (χ4n) is 5.80. The number of alkyl halides is 4. The molecule has 0 radical (unpaired) electrons.